The lowest BCUT2D eigenvalue weighted by atomic mass is 9.90. The first-order valence-electron chi connectivity index (χ1n) is 4.23. The van der Waals surface area contributed by atoms with Crippen LogP contribution in [0.4, 0.5) is 0 Å². The van der Waals surface area contributed by atoms with Crippen LogP contribution in [0, 0.1) is 16.7 Å². The molecule has 3 nitrogen and oxygen atoms in total. The highest BCUT2D eigenvalue weighted by molar-refractivity contribution is 5.25. The molecule has 0 aliphatic heterocycles. The number of aromatic nitrogens is 2. The third-order valence-corrected chi connectivity index (χ3v) is 1.58. The zero-order chi connectivity index (χ0) is 9.90. The Hall–Kier alpha value is -1.43. The van der Waals surface area contributed by atoms with Crippen molar-refractivity contribution in [2.75, 3.05) is 0 Å². The van der Waals surface area contributed by atoms with Crippen molar-refractivity contribution in [1.29, 1.82) is 5.26 Å². The van der Waals surface area contributed by atoms with Crippen molar-refractivity contribution in [3.8, 4) is 6.07 Å². The standard InChI is InChI=1S/C10H13N3/c1-10(2,3)6-8-9(7-11)13-5-4-12-8/h4-5H,6H2,1-3H3. The Kier molecular flexibility index (Phi) is 2.62. The highest BCUT2D eigenvalue weighted by Crippen LogP contribution is 2.19. The summed E-state index contributed by atoms with van der Waals surface area (Å²) >= 11 is 0. The van der Waals surface area contributed by atoms with Gasteiger partial charge in [-0.1, -0.05) is 20.8 Å². The Bertz CT molecular complexity index is 331. The summed E-state index contributed by atoms with van der Waals surface area (Å²) in [5.74, 6) is 0. The molecule has 0 amide bonds. The molecule has 0 saturated carbocycles. The number of nitriles is 1. The van der Waals surface area contributed by atoms with Crippen LogP contribution in [0.1, 0.15) is 32.2 Å². The molecule has 0 aliphatic carbocycles. The Morgan fingerprint density at radius 2 is 1.92 bits per heavy atom. The second-order valence-electron chi connectivity index (χ2n) is 4.20. The summed E-state index contributed by atoms with van der Waals surface area (Å²) < 4.78 is 0. The van der Waals surface area contributed by atoms with Crippen molar-refractivity contribution < 1.29 is 0 Å². The van der Waals surface area contributed by atoms with Gasteiger partial charge in [-0.05, 0) is 11.8 Å². The lowest BCUT2D eigenvalue weighted by molar-refractivity contribution is 0.405. The molecule has 0 aliphatic rings. The zero-order valence-electron chi connectivity index (χ0n) is 8.20. The zero-order valence-corrected chi connectivity index (χ0v) is 8.20. The van der Waals surface area contributed by atoms with Crippen LogP contribution in [-0.4, -0.2) is 9.97 Å². The Labute approximate surface area is 78.5 Å². The van der Waals surface area contributed by atoms with Gasteiger partial charge in [-0.2, -0.15) is 5.26 Å². The van der Waals surface area contributed by atoms with Crippen LogP contribution in [-0.2, 0) is 6.42 Å². The smallest absolute Gasteiger partial charge is 0.161 e. The summed E-state index contributed by atoms with van der Waals surface area (Å²) in [5, 5.41) is 8.76. The van der Waals surface area contributed by atoms with Gasteiger partial charge in [0.1, 0.15) is 6.07 Å². The van der Waals surface area contributed by atoms with Crippen molar-refractivity contribution >= 4 is 0 Å². The molecule has 0 spiro atoms. The molecule has 1 aromatic rings. The number of nitrogens with zero attached hydrogens (tertiary/aromatic N) is 3. The molecule has 1 aromatic heterocycles. The SMILES string of the molecule is CC(C)(C)Cc1nccnc1C#N. The normalized spacial score (nSPS) is 10.9. The van der Waals surface area contributed by atoms with Crippen LogP contribution >= 0.6 is 0 Å². The molecule has 0 atom stereocenters. The minimum Gasteiger partial charge on any atom is -0.257 e. The van der Waals surface area contributed by atoms with Crippen LogP contribution in [0.15, 0.2) is 12.4 Å². The molecule has 13 heavy (non-hydrogen) atoms. The fourth-order valence-corrected chi connectivity index (χ4v) is 1.09. The van der Waals surface area contributed by atoms with Gasteiger partial charge in [0.2, 0.25) is 0 Å². The molecule has 0 unspecified atom stereocenters. The highest BCUT2D eigenvalue weighted by Gasteiger charge is 2.15. The fourth-order valence-electron chi connectivity index (χ4n) is 1.09. The quantitative estimate of drug-likeness (QED) is 0.655. The Morgan fingerprint density at radius 1 is 1.31 bits per heavy atom. The lowest BCUT2D eigenvalue weighted by Crippen LogP contribution is -2.12. The van der Waals surface area contributed by atoms with Crippen molar-refractivity contribution in [2.24, 2.45) is 5.41 Å². The molecular formula is C10H13N3. The second-order valence-corrected chi connectivity index (χ2v) is 4.20. The highest BCUT2D eigenvalue weighted by atomic mass is 14.8. The fraction of sp³-hybridized carbons (Fsp3) is 0.500. The van der Waals surface area contributed by atoms with Gasteiger partial charge in [0, 0.05) is 12.4 Å². The van der Waals surface area contributed by atoms with Crippen LogP contribution in [0.3, 0.4) is 0 Å². The van der Waals surface area contributed by atoms with Gasteiger partial charge in [0.25, 0.3) is 0 Å². The largest absolute Gasteiger partial charge is 0.257 e. The van der Waals surface area contributed by atoms with E-state index >= 15 is 0 Å². The van der Waals surface area contributed by atoms with E-state index in [1.807, 2.05) is 6.07 Å². The molecule has 0 fully saturated rings. The molecule has 0 radical (unpaired) electrons. The van der Waals surface area contributed by atoms with E-state index in [1.165, 1.54) is 0 Å². The summed E-state index contributed by atoms with van der Waals surface area (Å²) in [4.78, 5) is 8.11. The van der Waals surface area contributed by atoms with Crippen molar-refractivity contribution in [3.63, 3.8) is 0 Å². The monoisotopic (exact) mass is 175 g/mol. The van der Waals surface area contributed by atoms with Crippen molar-refractivity contribution in [3.05, 3.63) is 23.8 Å². The van der Waals surface area contributed by atoms with E-state index in [0.717, 1.165) is 12.1 Å². The molecule has 0 bridgehead atoms. The average Bonchev–Trinajstić information content (AvgIpc) is 2.02. The van der Waals surface area contributed by atoms with E-state index in [-0.39, 0.29) is 5.41 Å². The Balaban J connectivity index is 2.96. The van der Waals surface area contributed by atoms with Crippen LogP contribution in [0.5, 0.6) is 0 Å². The van der Waals surface area contributed by atoms with Gasteiger partial charge >= 0.3 is 0 Å². The van der Waals surface area contributed by atoms with E-state index < -0.39 is 0 Å². The maximum Gasteiger partial charge on any atom is 0.161 e. The first-order valence-corrected chi connectivity index (χ1v) is 4.23. The van der Waals surface area contributed by atoms with Crippen molar-refractivity contribution in [2.45, 2.75) is 27.2 Å². The Morgan fingerprint density at radius 3 is 2.46 bits per heavy atom. The third-order valence-electron chi connectivity index (χ3n) is 1.58. The lowest BCUT2D eigenvalue weighted by Gasteiger charge is -2.17. The minimum atomic E-state index is 0.141. The van der Waals surface area contributed by atoms with Gasteiger partial charge in [0.05, 0.1) is 5.69 Å². The average molecular weight is 175 g/mol. The number of hydrogen-bond donors (Lipinski definition) is 0. The van der Waals surface area contributed by atoms with Gasteiger partial charge in [-0.3, -0.25) is 4.98 Å². The number of rotatable bonds is 1. The summed E-state index contributed by atoms with van der Waals surface area (Å²) in [6.45, 7) is 6.34. The molecule has 1 rings (SSSR count). The topological polar surface area (TPSA) is 49.6 Å². The van der Waals surface area contributed by atoms with Gasteiger partial charge in [-0.25, -0.2) is 4.98 Å². The van der Waals surface area contributed by atoms with E-state index in [1.54, 1.807) is 12.4 Å². The first kappa shape index (κ1) is 9.66. The minimum absolute atomic E-state index is 0.141. The summed E-state index contributed by atoms with van der Waals surface area (Å²) in [6.07, 6.45) is 3.95. The van der Waals surface area contributed by atoms with E-state index in [0.29, 0.717) is 5.69 Å². The van der Waals surface area contributed by atoms with Crippen LogP contribution < -0.4 is 0 Å². The molecule has 0 saturated heterocycles. The second kappa shape index (κ2) is 3.53. The summed E-state index contributed by atoms with van der Waals surface area (Å²) in [5.41, 5.74) is 1.37. The maximum absolute atomic E-state index is 8.76. The van der Waals surface area contributed by atoms with Crippen LogP contribution in [0.2, 0.25) is 0 Å². The van der Waals surface area contributed by atoms with E-state index in [4.69, 9.17) is 5.26 Å². The predicted molar refractivity (Wildman–Crippen MR) is 49.9 cm³/mol. The molecule has 3 heteroatoms. The summed E-state index contributed by atoms with van der Waals surface area (Å²) in [7, 11) is 0. The third kappa shape index (κ3) is 2.83. The van der Waals surface area contributed by atoms with Crippen molar-refractivity contribution in [1.82, 2.24) is 9.97 Å². The van der Waals surface area contributed by atoms with Gasteiger partial charge < -0.3 is 0 Å². The summed E-state index contributed by atoms with van der Waals surface area (Å²) in [6, 6.07) is 2.04. The van der Waals surface area contributed by atoms with Gasteiger partial charge in [-0.15, -0.1) is 0 Å². The molecule has 68 valence electrons. The van der Waals surface area contributed by atoms with E-state index in [2.05, 4.69) is 30.7 Å². The van der Waals surface area contributed by atoms with Gasteiger partial charge in [0.15, 0.2) is 5.69 Å². The van der Waals surface area contributed by atoms with Crippen LogP contribution in [0.25, 0.3) is 0 Å². The molecule has 0 N–H and O–H groups in total. The predicted octanol–water partition coefficient (Wildman–Crippen LogP) is 1.94. The van der Waals surface area contributed by atoms with E-state index in [9.17, 15) is 0 Å². The maximum atomic E-state index is 8.76. The first-order chi connectivity index (χ1) is 6.03. The molecule has 0 aromatic carbocycles. The number of hydrogen-bond acceptors (Lipinski definition) is 3. The molecule has 1 heterocycles. The molecular weight excluding hydrogens is 162 g/mol.